The van der Waals surface area contributed by atoms with Gasteiger partial charge in [0.2, 0.25) is 5.91 Å². The van der Waals surface area contributed by atoms with Gasteiger partial charge >= 0.3 is 5.97 Å². The fourth-order valence-corrected chi connectivity index (χ4v) is 5.87. The van der Waals surface area contributed by atoms with Gasteiger partial charge in [0.25, 0.3) is 0 Å². The number of carbonyl (C=O) groups excluding carboxylic acids is 1. The Bertz CT molecular complexity index is 1550. The molecule has 248 valence electrons. The van der Waals surface area contributed by atoms with Crippen LogP contribution in [0.5, 0.6) is 0 Å². The van der Waals surface area contributed by atoms with Crippen molar-refractivity contribution < 1.29 is 14.7 Å². The average Bonchev–Trinajstić information content (AvgIpc) is 3.69. The van der Waals surface area contributed by atoms with Gasteiger partial charge in [0, 0.05) is 24.2 Å². The maximum Gasteiger partial charge on any atom is 0.313 e. The van der Waals surface area contributed by atoms with Gasteiger partial charge in [-0.15, -0.1) is 0 Å². The molecule has 0 saturated carbocycles. The number of carboxylic acids is 1. The molecule has 4 N–H and O–H groups in total. The first-order valence-corrected chi connectivity index (χ1v) is 17.0. The summed E-state index contributed by atoms with van der Waals surface area (Å²) in [6.07, 6.45) is 7.62. The van der Waals surface area contributed by atoms with Gasteiger partial charge in [-0.25, -0.2) is 9.97 Å². The van der Waals surface area contributed by atoms with E-state index in [0.29, 0.717) is 35.9 Å². The third kappa shape index (κ3) is 15.9. The summed E-state index contributed by atoms with van der Waals surface area (Å²) in [4.78, 5) is 32.2. The number of nitrogens with zero attached hydrogens (tertiary/aromatic N) is 6. The Morgan fingerprint density at radius 2 is 1.23 bits per heavy atom. The number of aliphatic carboxylic acids is 1. The lowest BCUT2D eigenvalue weighted by atomic mass is 10.00. The van der Waals surface area contributed by atoms with Crippen LogP contribution >= 0.6 is 23.1 Å². The molecule has 47 heavy (non-hydrogen) atoms. The van der Waals surface area contributed by atoms with Gasteiger partial charge in [-0.2, -0.15) is 19.3 Å². The van der Waals surface area contributed by atoms with E-state index in [1.54, 1.807) is 6.92 Å². The molecule has 4 rings (SSSR count). The molecule has 0 aliphatic carbocycles. The quantitative estimate of drug-likeness (QED) is 0.0827. The van der Waals surface area contributed by atoms with E-state index in [-0.39, 0.29) is 11.8 Å². The Labute approximate surface area is 284 Å². The molecule has 0 bridgehead atoms. The number of nitriles is 2. The number of carbonyl (C=O) groups is 2. The maximum absolute atomic E-state index is 12.6. The number of aryl methyl sites for hydroxylation is 2. The van der Waals surface area contributed by atoms with Crippen LogP contribution in [0.1, 0.15) is 97.7 Å². The van der Waals surface area contributed by atoms with E-state index in [1.165, 1.54) is 11.5 Å². The number of nitrogens with one attached hydrogen (secondary N) is 1. The minimum absolute atomic E-state index is 0.0485. The number of para-hydroxylation sites is 2. The molecule has 0 aliphatic heterocycles. The summed E-state index contributed by atoms with van der Waals surface area (Å²) in [6, 6.07) is 23.1. The summed E-state index contributed by atoms with van der Waals surface area (Å²) < 4.78 is 8.19. The molecule has 0 aliphatic rings. The highest BCUT2D eigenvalue weighted by atomic mass is 32.1. The second-order valence-electron chi connectivity index (χ2n) is 10.6. The zero-order valence-electron chi connectivity index (χ0n) is 26.8. The average molecular weight is 675 g/mol. The van der Waals surface area contributed by atoms with Crippen LogP contribution in [0.4, 0.5) is 11.4 Å². The van der Waals surface area contributed by atoms with Gasteiger partial charge in [-0.1, -0.05) is 62.1 Å². The van der Waals surface area contributed by atoms with Crippen LogP contribution in [0.15, 0.2) is 60.7 Å². The Hall–Kier alpha value is -4.72. The van der Waals surface area contributed by atoms with Gasteiger partial charge < -0.3 is 16.2 Å². The zero-order valence-corrected chi connectivity index (χ0v) is 28.5. The monoisotopic (exact) mass is 674 g/mol. The second kappa shape index (κ2) is 22.7. The van der Waals surface area contributed by atoms with Crippen LogP contribution in [0.3, 0.4) is 0 Å². The summed E-state index contributed by atoms with van der Waals surface area (Å²) in [7, 11) is 0. The Kier molecular flexibility index (Phi) is 18.6. The lowest BCUT2D eigenvalue weighted by Gasteiger charge is -2.14. The van der Waals surface area contributed by atoms with Crippen LogP contribution in [-0.4, -0.2) is 35.7 Å². The molecule has 0 spiro atoms. The highest BCUT2D eigenvalue weighted by Crippen LogP contribution is 2.27. The number of hydrogen-bond donors (Lipinski definition) is 3. The van der Waals surface area contributed by atoms with E-state index in [2.05, 4.69) is 36.2 Å². The molecule has 2 aromatic carbocycles. The summed E-state index contributed by atoms with van der Waals surface area (Å²) in [5.74, 6) is -0.409. The third-order valence-corrected chi connectivity index (χ3v) is 8.54. The first-order chi connectivity index (χ1) is 22.7. The fourth-order valence-electron chi connectivity index (χ4n) is 4.29. The molecule has 2 atom stereocenters. The highest BCUT2D eigenvalue weighted by molar-refractivity contribution is 7.05. The Morgan fingerprint density at radius 3 is 1.64 bits per heavy atom. The van der Waals surface area contributed by atoms with Gasteiger partial charge in [0.15, 0.2) is 0 Å². The number of amides is 1. The van der Waals surface area contributed by atoms with Crippen molar-refractivity contribution in [3.8, 4) is 12.1 Å². The summed E-state index contributed by atoms with van der Waals surface area (Å²) in [5.41, 5.74) is 6.96. The van der Waals surface area contributed by atoms with Crippen LogP contribution in [-0.2, 0) is 9.59 Å². The number of nitrogens with two attached hydrogens (primary N) is 1. The van der Waals surface area contributed by atoms with Crippen molar-refractivity contribution in [3.63, 3.8) is 0 Å². The number of carboxylic acid groups (broad SMARTS) is 1. The second-order valence-corrected chi connectivity index (χ2v) is 12.2. The van der Waals surface area contributed by atoms with E-state index in [0.717, 1.165) is 72.9 Å². The molecule has 11 nitrogen and oxygen atoms in total. The van der Waals surface area contributed by atoms with Crippen LogP contribution in [0.2, 0.25) is 0 Å². The molecule has 2 heterocycles. The van der Waals surface area contributed by atoms with Crippen LogP contribution < -0.4 is 11.1 Å². The van der Waals surface area contributed by atoms with Crippen LogP contribution in [0, 0.1) is 36.5 Å². The molecule has 4 aromatic rings. The molecule has 2 aromatic heterocycles. The lowest BCUT2D eigenvalue weighted by molar-refractivity contribution is -0.139. The number of aromatic nitrogens is 4. The first-order valence-electron chi connectivity index (χ1n) is 15.5. The molecular formula is C34H42N8O3S2. The summed E-state index contributed by atoms with van der Waals surface area (Å²) in [5, 5.41) is 30.4. The van der Waals surface area contributed by atoms with Crippen molar-refractivity contribution in [1.82, 2.24) is 18.7 Å². The molecule has 13 heteroatoms. The Balaban J connectivity index is 0.000000279. The van der Waals surface area contributed by atoms with Crippen LogP contribution in [0.25, 0.3) is 0 Å². The number of nitrogen functional groups attached to an aromatic ring is 1. The lowest BCUT2D eigenvalue weighted by Crippen LogP contribution is -2.21. The van der Waals surface area contributed by atoms with E-state index < -0.39 is 11.9 Å². The van der Waals surface area contributed by atoms with E-state index in [1.807, 2.05) is 67.6 Å². The summed E-state index contributed by atoms with van der Waals surface area (Å²) >= 11 is 2.45. The SMILES string of the molecule is Cc1nsc(C(CCCCCC#N)C(=O)Nc2ccccc2)n1.Cc1nsc(C(CCCCCC#N)C(=O)O)n1.Nc1ccccc1. The zero-order chi connectivity index (χ0) is 34.3. The third-order valence-electron chi connectivity index (χ3n) is 6.70. The van der Waals surface area contributed by atoms with Gasteiger partial charge in [0.05, 0.1) is 18.1 Å². The number of anilines is 2. The van der Waals surface area contributed by atoms with E-state index in [9.17, 15) is 9.59 Å². The van der Waals surface area contributed by atoms with Gasteiger partial charge in [-0.05, 0) is 86.9 Å². The highest BCUT2D eigenvalue weighted by Gasteiger charge is 2.24. The number of hydrogen-bond acceptors (Lipinski definition) is 11. The molecule has 0 fully saturated rings. The molecule has 0 saturated heterocycles. The van der Waals surface area contributed by atoms with Gasteiger partial charge in [-0.3, -0.25) is 9.59 Å². The smallest absolute Gasteiger partial charge is 0.313 e. The minimum Gasteiger partial charge on any atom is -0.481 e. The van der Waals surface area contributed by atoms with Crippen molar-refractivity contribution in [2.75, 3.05) is 11.1 Å². The van der Waals surface area contributed by atoms with Gasteiger partial charge in [0.1, 0.15) is 27.6 Å². The van der Waals surface area contributed by atoms with Crippen molar-refractivity contribution >= 4 is 46.3 Å². The maximum atomic E-state index is 12.6. The van der Waals surface area contributed by atoms with E-state index in [4.69, 9.17) is 21.4 Å². The fraction of sp³-hybridized carbons (Fsp3) is 0.412. The summed E-state index contributed by atoms with van der Waals surface area (Å²) in [6.45, 7) is 3.59. The largest absolute Gasteiger partial charge is 0.481 e. The van der Waals surface area contributed by atoms with Crippen molar-refractivity contribution in [2.45, 2.75) is 89.9 Å². The molecule has 1 amide bonds. The predicted octanol–water partition coefficient (Wildman–Crippen LogP) is 7.80. The van der Waals surface area contributed by atoms with Crippen molar-refractivity contribution in [3.05, 3.63) is 82.3 Å². The minimum atomic E-state index is -0.846. The topological polar surface area (TPSA) is 192 Å². The standard InChI is InChI=1S/C17H20N4OS.C11H15N3O2S.C6H7N/c1-13-19-17(23-21-13)15(11-7-2-3-8-12-18)16(22)20-14-9-5-4-6-10-14;1-8-13-10(17-14-8)9(11(15)16)6-4-2-3-5-7-12;7-6-4-2-1-3-5-6/h4-6,9-10,15H,2-3,7-8,11H2,1H3,(H,20,22);9H,2-6H2,1H3,(H,15,16);1-5H,7H2. The van der Waals surface area contributed by atoms with Crippen molar-refractivity contribution in [2.24, 2.45) is 0 Å². The molecule has 0 radical (unpaired) electrons. The number of rotatable bonds is 15. The normalized spacial score (nSPS) is 11.3. The van der Waals surface area contributed by atoms with Crippen molar-refractivity contribution in [1.29, 1.82) is 10.5 Å². The number of unbranched alkanes of at least 4 members (excludes halogenated alkanes) is 6. The first kappa shape index (κ1) is 38.5. The molecular weight excluding hydrogens is 633 g/mol. The number of benzene rings is 2. The van der Waals surface area contributed by atoms with E-state index >= 15 is 0 Å². The Morgan fingerprint density at radius 1 is 0.766 bits per heavy atom. The predicted molar refractivity (Wildman–Crippen MR) is 186 cm³/mol. The molecule has 2 unspecified atom stereocenters.